The van der Waals surface area contributed by atoms with E-state index in [1.54, 1.807) is 0 Å². The third kappa shape index (κ3) is 3.20. The Labute approximate surface area is 129 Å². The van der Waals surface area contributed by atoms with Gasteiger partial charge in [-0.1, -0.05) is 29.4 Å². The zero-order valence-electron chi connectivity index (χ0n) is 12.7. The first-order valence-corrected chi connectivity index (χ1v) is 7.59. The van der Waals surface area contributed by atoms with Gasteiger partial charge in [0.05, 0.1) is 12.5 Å². The van der Waals surface area contributed by atoms with Gasteiger partial charge in [-0.05, 0) is 37.4 Å². The molecule has 1 aromatic heterocycles. The average molecular weight is 300 g/mol. The summed E-state index contributed by atoms with van der Waals surface area (Å²) in [5.74, 6) is 0.0330. The van der Waals surface area contributed by atoms with Gasteiger partial charge in [-0.3, -0.25) is 9.69 Å². The Morgan fingerprint density at radius 3 is 2.86 bits per heavy atom. The van der Waals surface area contributed by atoms with E-state index in [-0.39, 0.29) is 12.5 Å². The molecule has 1 aliphatic heterocycles. The van der Waals surface area contributed by atoms with Crippen LogP contribution in [0, 0.1) is 6.92 Å². The summed E-state index contributed by atoms with van der Waals surface area (Å²) in [5, 5.41) is 13.2. The van der Waals surface area contributed by atoms with E-state index in [1.807, 2.05) is 37.3 Å². The normalized spacial score (nSPS) is 18.7. The lowest BCUT2D eigenvalue weighted by molar-refractivity contribution is -0.136. The van der Waals surface area contributed by atoms with Crippen molar-refractivity contribution in [3.05, 3.63) is 52.9 Å². The second-order valence-electron chi connectivity index (χ2n) is 5.83. The zero-order valence-corrected chi connectivity index (χ0v) is 12.7. The fraction of sp³-hybridized carbons (Fsp3) is 0.412. The standard InChI is InChI=1S/C17H20N2O3/c1-12-9-15(18-22-12)16-7-4-8-19(16)11-14-6-3-2-5-13(14)10-17(20)21/h2-3,5-6,9,16H,4,7-8,10-11H2,1H3,(H,20,21). The third-order valence-electron chi connectivity index (χ3n) is 4.18. The summed E-state index contributed by atoms with van der Waals surface area (Å²) in [7, 11) is 0. The zero-order chi connectivity index (χ0) is 15.5. The molecular formula is C17H20N2O3. The molecule has 1 unspecified atom stereocenters. The second kappa shape index (κ2) is 6.32. The highest BCUT2D eigenvalue weighted by atomic mass is 16.5. The van der Waals surface area contributed by atoms with Crippen LogP contribution in [-0.2, 0) is 17.8 Å². The lowest BCUT2D eigenvalue weighted by Gasteiger charge is -2.23. The SMILES string of the molecule is Cc1cc(C2CCCN2Cc2ccccc2CC(=O)O)no1. The Morgan fingerprint density at radius 2 is 2.18 bits per heavy atom. The van der Waals surface area contributed by atoms with Gasteiger partial charge in [-0.2, -0.15) is 0 Å². The van der Waals surface area contributed by atoms with E-state index >= 15 is 0 Å². The smallest absolute Gasteiger partial charge is 0.307 e. The van der Waals surface area contributed by atoms with E-state index in [2.05, 4.69) is 10.1 Å². The molecule has 2 heterocycles. The number of rotatable bonds is 5. The van der Waals surface area contributed by atoms with Crippen LogP contribution in [0.1, 0.15) is 41.5 Å². The molecule has 5 heteroatoms. The number of aryl methyl sites for hydroxylation is 1. The molecule has 22 heavy (non-hydrogen) atoms. The van der Waals surface area contributed by atoms with E-state index < -0.39 is 5.97 Å². The summed E-state index contributed by atoms with van der Waals surface area (Å²) < 4.78 is 5.20. The first-order chi connectivity index (χ1) is 10.6. The molecular weight excluding hydrogens is 280 g/mol. The molecule has 0 radical (unpaired) electrons. The Morgan fingerprint density at radius 1 is 1.41 bits per heavy atom. The molecule has 0 aliphatic carbocycles. The van der Waals surface area contributed by atoms with Crippen LogP contribution < -0.4 is 0 Å². The maximum Gasteiger partial charge on any atom is 0.307 e. The molecule has 0 spiro atoms. The first kappa shape index (κ1) is 14.8. The van der Waals surface area contributed by atoms with Crippen molar-refractivity contribution in [3.8, 4) is 0 Å². The summed E-state index contributed by atoms with van der Waals surface area (Å²) >= 11 is 0. The van der Waals surface area contributed by atoms with Crippen molar-refractivity contribution in [1.29, 1.82) is 0 Å². The fourth-order valence-electron chi connectivity index (χ4n) is 3.16. The van der Waals surface area contributed by atoms with E-state index in [0.717, 1.165) is 48.5 Å². The minimum Gasteiger partial charge on any atom is -0.481 e. The monoisotopic (exact) mass is 300 g/mol. The highest BCUT2D eigenvalue weighted by Gasteiger charge is 2.28. The number of carboxylic acid groups (broad SMARTS) is 1. The van der Waals surface area contributed by atoms with E-state index in [0.29, 0.717) is 0 Å². The molecule has 2 aromatic rings. The van der Waals surface area contributed by atoms with Crippen LogP contribution >= 0.6 is 0 Å². The summed E-state index contributed by atoms with van der Waals surface area (Å²) in [5.41, 5.74) is 2.94. The van der Waals surface area contributed by atoms with Crippen LogP contribution in [0.15, 0.2) is 34.9 Å². The maximum atomic E-state index is 11.0. The molecule has 0 saturated carbocycles. The van der Waals surface area contributed by atoms with Gasteiger partial charge in [0.25, 0.3) is 0 Å². The Balaban J connectivity index is 1.79. The highest BCUT2D eigenvalue weighted by Crippen LogP contribution is 2.33. The van der Waals surface area contributed by atoms with Crippen LogP contribution in [0.5, 0.6) is 0 Å². The number of aromatic nitrogens is 1. The molecule has 1 saturated heterocycles. The molecule has 0 amide bonds. The number of carbonyl (C=O) groups is 1. The molecule has 1 aliphatic rings. The average Bonchev–Trinajstić information content (AvgIpc) is 3.09. The van der Waals surface area contributed by atoms with Crippen LogP contribution in [0.3, 0.4) is 0 Å². The van der Waals surface area contributed by atoms with Gasteiger partial charge in [-0.25, -0.2) is 0 Å². The second-order valence-corrected chi connectivity index (χ2v) is 5.83. The minimum atomic E-state index is -0.794. The largest absolute Gasteiger partial charge is 0.481 e. The predicted octanol–water partition coefficient (Wildman–Crippen LogP) is 2.95. The van der Waals surface area contributed by atoms with Gasteiger partial charge >= 0.3 is 5.97 Å². The molecule has 116 valence electrons. The summed E-state index contributed by atoms with van der Waals surface area (Å²) in [6.07, 6.45) is 2.25. The predicted molar refractivity (Wildman–Crippen MR) is 81.4 cm³/mol. The summed E-state index contributed by atoms with van der Waals surface area (Å²) in [6.45, 7) is 3.65. The van der Waals surface area contributed by atoms with E-state index in [9.17, 15) is 4.79 Å². The summed E-state index contributed by atoms with van der Waals surface area (Å²) in [4.78, 5) is 13.4. The molecule has 3 rings (SSSR count). The minimum absolute atomic E-state index is 0.0672. The van der Waals surface area contributed by atoms with Crippen LogP contribution in [0.25, 0.3) is 0 Å². The van der Waals surface area contributed by atoms with Crippen LogP contribution in [-0.4, -0.2) is 27.7 Å². The van der Waals surface area contributed by atoms with Gasteiger partial charge in [0.15, 0.2) is 0 Å². The van der Waals surface area contributed by atoms with E-state index in [1.165, 1.54) is 0 Å². The van der Waals surface area contributed by atoms with E-state index in [4.69, 9.17) is 9.63 Å². The van der Waals surface area contributed by atoms with Crippen molar-refractivity contribution in [2.45, 2.75) is 38.8 Å². The molecule has 1 fully saturated rings. The third-order valence-corrected chi connectivity index (χ3v) is 4.18. The number of carboxylic acids is 1. The lowest BCUT2D eigenvalue weighted by atomic mass is 10.0. The fourth-order valence-corrected chi connectivity index (χ4v) is 3.16. The van der Waals surface area contributed by atoms with Gasteiger partial charge in [0.1, 0.15) is 11.5 Å². The van der Waals surface area contributed by atoms with Crippen LogP contribution in [0.2, 0.25) is 0 Å². The molecule has 1 aromatic carbocycles. The first-order valence-electron chi connectivity index (χ1n) is 7.59. The quantitative estimate of drug-likeness (QED) is 0.919. The molecule has 0 bridgehead atoms. The van der Waals surface area contributed by atoms with Crippen LogP contribution in [0.4, 0.5) is 0 Å². The highest BCUT2D eigenvalue weighted by molar-refractivity contribution is 5.70. The van der Waals surface area contributed by atoms with Crippen molar-refractivity contribution in [2.75, 3.05) is 6.54 Å². The number of aliphatic carboxylic acids is 1. The van der Waals surface area contributed by atoms with Crippen molar-refractivity contribution >= 4 is 5.97 Å². The van der Waals surface area contributed by atoms with Gasteiger partial charge in [-0.15, -0.1) is 0 Å². The Kier molecular flexibility index (Phi) is 4.24. The Bertz CT molecular complexity index is 665. The van der Waals surface area contributed by atoms with Gasteiger partial charge in [0.2, 0.25) is 0 Å². The van der Waals surface area contributed by atoms with Crippen molar-refractivity contribution in [1.82, 2.24) is 10.1 Å². The topological polar surface area (TPSA) is 66.6 Å². The van der Waals surface area contributed by atoms with Crippen molar-refractivity contribution in [2.24, 2.45) is 0 Å². The molecule has 1 N–H and O–H groups in total. The van der Waals surface area contributed by atoms with Gasteiger partial charge < -0.3 is 9.63 Å². The number of hydrogen-bond acceptors (Lipinski definition) is 4. The molecule has 5 nitrogen and oxygen atoms in total. The number of hydrogen-bond donors (Lipinski definition) is 1. The van der Waals surface area contributed by atoms with Crippen molar-refractivity contribution in [3.63, 3.8) is 0 Å². The van der Waals surface area contributed by atoms with Gasteiger partial charge in [0, 0.05) is 12.6 Å². The maximum absolute atomic E-state index is 11.0. The summed E-state index contributed by atoms with van der Waals surface area (Å²) in [6, 6.07) is 10.0. The number of nitrogens with zero attached hydrogens (tertiary/aromatic N) is 2. The number of likely N-dealkylation sites (tertiary alicyclic amines) is 1. The van der Waals surface area contributed by atoms with Crippen molar-refractivity contribution < 1.29 is 14.4 Å². The lowest BCUT2D eigenvalue weighted by Crippen LogP contribution is -2.24. The Hall–Kier alpha value is -2.14. The number of benzene rings is 1. The molecule has 1 atom stereocenters.